The van der Waals surface area contributed by atoms with Gasteiger partial charge < -0.3 is 14.8 Å². The van der Waals surface area contributed by atoms with Crippen molar-refractivity contribution in [2.24, 2.45) is 16.7 Å². The summed E-state index contributed by atoms with van der Waals surface area (Å²) in [5.74, 6) is 1.65. The zero-order valence-corrected chi connectivity index (χ0v) is 20.7. The Balaban J connectivity index is 1.33. The van der Waals surface area contributed by atoms with Crippen molar-refractivity contribution in [2.75, 3.05) is 6.61 Å². The van der Waals surface area contributed by atoms with Gasteiger partial charge in [0.15, 0.2) is 11.5 Å². The zero-order valence-electron chi connectivity index (χ0n) is 20.0. The van der Waals surface area contributed by atoms with E-state index in [1.54, 1.807) is 18.2 Å². The van der Waals surface area contributed by atoms with Crippen LogP contribution >= 0.6 is 11.6 Å². The monoisotopic (exact) mass is 471 g/mol. The van der Waals surface area contributed by atoms with E-state index in [0.29, 0.717) is 39.5 Å². The van der Waals surface area contributed by atoms with Gasteiger partial charge in [-0.3, -0.25) is 0 Å². The summed E-state index contributed by atoms with van der Waals surface area (Å²) in [4.78, 5) is 0. The van der Waals surface area contributed by atoms with E-state index in [0.717, 1.165) is 18.0 Å². The van der Waals surface area contributed by atoms with Gasteiger partial charge in [0.25, 0.3) is 0 Å². The quantitative estimate of drug-likeness (QED) is 0.438. The molecule has 2 unspecified atom stereocenters. The maximum atomic E-state index is 14.0. The summed E-state index contributed by atoms with van der Waals surface area (Å²) < 4.78 is 25.8. The van der Waals surface area contributed by atoms with Crippen LogP contribution in [0, 0.1) is 22.6 Å². The standard InChI is InChI=1S/C28H35ClFNO2/c1-4-32-24-10-19(9-22(29)25(24)33-15-21-7-5-6-8-23(21)30)14-31-28-13-20-11-26(2,17-28)16-27(3,12-20)18-28/h5-10,20,31H,4,11-18H2,1-3H3. The molecule has 2 atom stereocenters. The largest absolute Gasteiger partial charge is 0.490 e. The molecule has 4 fully saturated rings. The van der Waals surface area contributed by atoms with E-state index in [-0.39, 0.29) is 18.0 Å². The summed E-state index contributed by atoms with van der Waals surface area (Å²) in [6, 6.07) is 10.6. The Morgan fingerprint density at radius 2 is 1.76 bits per heavy atom. The highest BCUT2D eigenvalue weighted by atomic mass is 35.5. The van der Waals surface area contributed by atoms with E-state index in [1.165, 1.54) is 44.6 Å². The van der Waals surface area contributed by atoms with Crippen molar-refractivity contribution in [1.82, 2.24) is 5.32 Å². The Morgan fingerprint density at radius 1 is 1.03 bits per heavy atom. The van der Waals surface area contributed by atoms with Crippen LogP contribution in [0.4, 0.5) is 4.39 Å². The first-order chi connectivity index (χ1) is 15.7. The zero-order chi connectivity index (χ0) is 23.3. The Hall–Kier alpha value is -1.78. The van der Waals surface area contributed by atoms with Gasteiger partial charge in [-0.1, -0.05) is 43.6 Å². The second-order valence-electron chi connectivity index (χ2n) is 11.5. The minimum atomic E-state index is -0.287. The fraction of sp³-hybridized carbons (Fsp3) is 0.571. The van der Waals surface area contributed by atoms with Gasteiger partial charge in [0.2, 0.25) is 0 Å². The summed E-state index contributed by atoms with van der Waals surface area (Å²) in [5.41, 5.74) is 2.75. The topological polar surface area (TPSA) is 30.5 Å². The van der Waals surface area contributed by atoms with Crippen molar-refractivity contribution in [1.29, 1.82) is 0 Å². The van der Waals surface area contributed by atoms with Crippen molar-refractivity contribution < 1.29 is 13.9 Å². The van der Waals surface area contributed by atoms with Crippen LogP contribution in [0.3, 0.4) is 0 Å². The number of nitrogens with one attached hydrogen (secondary N) is 1. The van der Waals surface area contributed by atoms with Gasteiger partial charge in [0.1, 0.15) is 12.4 Å². The molecule has 5 heteroatoms. The van der Waals surface area contributed by atoms with Gasteiger partial charge in [-0.2, -0.15) is 0 Å². The highest BCUT2D eigenvalue weighted by Gasteiger charge is 2.59. The molecule has 4 bridgehead atoms. The summed E-state index contributed by atoms with van der Waals surface area (Å²) >= 11 is 6.65. The second-order valence-corrected chi connectivity index (χ2v) is 11.9. The highest BCUT2D eigenvalue weighted by Crippen LogP contribution is 2.66. The van der Waals surface area contributed by atoms with Gasteiger partial charge in [-0.15, -0.1) is 0 Å². The van der Waals surface area contributed by atoms with Crippen molar-refractivity contribution in [3.8, 4) is 11.5 Å². The third kappa shape index (κ3) is 4.61. The molecular weight excluding hydrogens is 437 g/mol. The number of hydrogen-bond acceptors (Lipinski definition) is 3. The third-order valence-corrected chi connectivity index (χ3v) is 8.27. The molecule has 0 spiro atoms. The minimum absolute atomic E-state index is 0.103. The number of benzene rings is 2. The average molecular weight is 472 g/mol. The first-order valence-corrected chi connectivity index (χ1v) is 12.6. The lowest BCUT2D eigenvalue weighted by Gasteiger charge is -2.65. The van der Waals surface area contributed by atoms with E-state index in [4.69, 9.17) is 21.1 Å². The fourth-order valence-electron chi connectivity index (χ4n) is 7.83. The molecule has 3 nitrogen and oxygen atoms in total. The molecular formula is C28H35ClFNO2. The van der Waals surface area contributed by atoms with E-state index in [2.05, 4.69) is 19.2 Å². The van der Waals surface area contributed by atoms with Crippen molar-refractivity contribution in [3.63, 3.8) is 0 Å². The molecule has 0 heterocycles. The molecule has 1 N–H and O–H groups in total. The minimum Gasteiger partial charge on any atom is -0.490 e. The van der Waals surface area contributed by atoms with Gasteiger partial charge >= 0.3 is 0 Å². The van der Waals surface area contributed by atoms with Crippen LogP contribution in [0.15, 0.2) is 36.4 Å². The lowest BCUT2D eigenvalue weighted by Crippen LogP contribution is -2.63. The maximum absolute atomic E-state index is 14.0. The Bertz CT molecular complexity index is 1020. The van der Waals surface area contributed by atoms with Crippen LogP contribution in [0.5, 0.6) is 11.5 Å². The second kappa shape index (κ2) is 8.46. The first kappa shape index (κ1) is 23.0. The van der Waals surface area contributed by atoms with Gasteiger partial charge in [-0.05, 0) is 86.0 Å². The molecule has 0 aliphatic heterocycles. The summed E-state index contributed by atoms with van der Waals surface area (Å²) in [6.07, 6.45) is 7.97. The number of ether oxygens (including phenoxy) is 2. The molecule has 2 aromatic carbocycles. The number of halogens is 2. The predicted molar refractivity (Wildman–Crippen MR) is 130 cm³/mol. The van der Waals surface area contributed by atoms with Crippen LogP contribution in [0.25, 0.3) is 0 Å². The van der Waals surface area contributed by atoms with Crippen molar-refractivity contribution in [3.05, 3.63) is 58.4 Å². The molecule has 0 radical (unpaired) electrons. The summed E-state index contributed by atoms with van der Waals surface area (Å²) in [7, 11) is 0. The molecule has 4 saturated carbocycles. The molecule has 0 aromatic heterocycles. The molecule has 178 valence electrons. The smallest absolute Gasteiger partial charge is 0.180 e. The van der Waals surface area contributed by atoms with E-state index in [9.17, 15) is 4.39 Å². The Labute approximate surface area is 202 Å². The van der Waals surface area contributed by atoms with Crippen LogP contribution in [0.1, 0.15) is 70.4 Å². The highest BCUT2D eigenvalue weighted by molar-refractivity contribution is 6.32. The molecule has 4 aliphatic carbocycles. The predicted octanol–water partition coefficient (Wildman–Crippen LogP) is 7.30. The normalized spacial score (nSPS) is 32.2. The van der Waals surface area contributed by atoms with Crippen LogP contribution in [-0.4, -0.2) is 12.1 Å². The Kier molecular flexibility index (Phi) is 5.89. The first-order valence-electron chi connectivity index (χ1n) is 12.3. The van der Waals surface area contributed by atoms with Crippen LogP contribution in [0.2, 0.25) is 5.02 Å². The van der Waals surface area contributed by atoms with Crippen molar-refractivity contribution in [2.45, 2.75) is 78.0 Å². The van der Waals surface area contributed by atoms with Crippen LogP contribution < -0.4 is 14.8 Å². The average Bonchev–Trinajstić information content (AvgIpc) is 2.70. The molecule has 33 heavy (non-hydrogen) atoms. The molecule has 6 rings (SSSR count). The molecule has 4 aliphatic rings. The van der Waals surface area contributed by atoms with Crippen molar-refractivity contribution >= 4 is 11.6 Å². The van der Waals surface area contributed by atoms with Gasteiger partial charge in [0.05, 0.1) is 11.6 Å². The lowest BCUT2D eigenvalue weighted by atomic mass is 9.43. The summed E-state index contributed by atoms with van der Waals surface area (Å²) in [6.45, 7) is 8.30. The number of hydrogen-bond donors (Lipinski definition) is 1. The van der Waals surface area contributed by atoms with Gasteiger partial charge in [0, 0.05) is 17.6 Å². The third-order valence-electron chi connectivity index (χ3n) is 7.99. The summed E-state index contributed by atoms with van der Waals surface area (Å²) in [5, 5.41) is 4.47. The Morgan fingerprint density at radius 3 is 2.42 bits per heavy atom. The van der Waals surface area contributed by atoms with E-state index < -0.39 is 0 Å². The molecule has 2 aromatic rings. The van der Waals surface area contributed by atoms with E-state index >= 15 is 0 Å². The fourth-order valence-corrected chi connectivity index (χ4v) is 8.11. The maximum Gasteiger partial charge on any atom is 0.180 e. The van der Waals surface area contributed by atoms with E-state index in [1.807, 2.05) is 19.1 Å². The molecule has 0 saturated heterocycles. The van der Waals surface area contributed by atoms with Gasteiger partial charge in [-0.25, -0.2) is 4.39 Å². The molecule has 0 amide bonds. The lowest BCUT2D eigenvalue weighted by molar-refractivity contribution is -0.118. The van der Waals surface area contributed by atoms with Crippen LogP contribution in [-0.2, 0) is 13.2 Å². The SMILES string of the molecule is CCOc1cc(CNC23CC4CC(C)(CC(C)(C4)C2)C3)cc(Cl)c1OCc1ccccc1F. The number of rotatable bonds is 8.